The smallest absolute Gasteiger partial charge is 0.130 e. The molecule has 0 aliphatic heterocycles. The number of rotatable bonds is 3. The van der Waals surface area contributed by atoms with Gasteiger partial charge in [0.2, 0.25) is 0 Å². The molecule has 0 unspecified atom stereocenters. The lowest BCUT2D eigenvalue weighted by molar-refractivity contribution is -0.129. The summed E-state index contributed by atoms with van der Waals surface area (Å²) >= 11 is 0. The first-order chi connectivity index (χ1) is 6.10. The van der Waals surface area contributed by atoms with Crippen LogP contribution in [0.4, 0.5) is 0 Å². The lowest BCUT2D eigenvalue weighted by Gasteiger charge is -2.37. The molecule has 0 aromatic rings. The third kappa shape index (κ3) is 2.17. The van der Waals surface area contributed by atoms with Gasteiger partial charge in [0.05, 0.1) is 0 Å². The molecule has 0 amide bonds. The second-order valence-electron chi connectivity index (χ2n) is 4.38. The van der Waals surface area contributed by atoms with Crippen molar-refractivity contribution in [3.8, 4) is 0 Å². The maximum atomic E-state index is 11.1. The van der Waals surface area contributed by atoms with E-state index >= 15 is 0 Å². The van der Waals surface area contributed by atoms with Crippen molar-refractivity contribution in [1.82, 2.24) is 0 Å². The van der Waals surface area contributed by atoms with E-state index in [0.717, 1.165) is 25.5 Å². The molecule has 0 aromatic carbocycles. The van der Waals surface area contributed by atoms with Crippen molar-refractivity contribution < 1.29 is 9.59 Å². The summed E-state index contributed by atoms with van der Waals surface area (Å²) < 4.78 is 0. The molecule has 0 N–H and O–H groups in total. The monoisotopic (exact) mass is 182 g/mol. The Morgan fingerprint density at radius 1 is 1.54 bits per heavy atom. The molecule has 74 valence electrons. The van der Waals surface area contributed by atoms with Crippen LogP contribution in [0.15, 0.2) is 0 Å². The van der Waals surface area contributed by atoms with E-state index < -0.39 is 0 Å². The van der Waals surface area contributed by atoms with E-state index in [1.807, 2.05) is 0 Å². The van der Waals surface area contributed by atoms with E-state index in [9.17, 15) is 9.59 Å². The Morgan fingerprint density at radius 3 is 2.69 bits per heavy atom. The molecule has 0 radical (unpaired) electrons. The highest BCUT2D eigenvalue weighted by Gasteiger charge is 2.38. The van der Waals surface area contributed by atoms with Gasteiger partial charge in [-0.2, -0.15) is 0 Å². The number of ketones is 1. The zero-order valence-corrected chi connectivity index (χ0v) is 8.51. The highest BCUT2D eigenvalue weighted by atomic mass is 16.1. The van der Waals surface area contributed by atoms with Gasteiger partial charge in [-0.3, -0.25) is 4.79 Å². The Hall–Kier alpha value is -0.660. The van der Waals surface area contributed by atoms with Crippen LogP contribution in [0, 0.1) is 11.3 Å². The molecule has 0 spiro atoms. The largest absolute Gasteiger partial charge is 0.303 e. The van der Waals surface area contributed by atoms with Gasteiger partial charge in [0, 0.05) is 11.8 Å². The summed E-state index contributed by atoms with van der Waals surface area (Å²) in [6.07, 6.45) is 5.75. The van der Waals surface area contributed by atoms with E-state index in [-0.39, 0.29) is 11.2 Å². The Kier molecular flexibility index (Phi) is 3.23. The first kappa shape index (κ1) is 10.4. The van der Waals surface area contributed by atoms with Crippen LogP contribution in [0.5, 0.6) is 0 Å². The van der Waals surface area contributed by atoms with Crippen LogP contribution >= 0.6 is 0 Å². The van der Waals surface area contributed by atoms with Gasteiger partial charge in [-0.1, -0.05) is 19.8 Å². The number of aldehydes is 1. The molecule has 1 aliphatic carbocycles. The van der Waals surface area contributed by atoms with Gasteiger partial charge >= 0.3 is 0 Å². The van der Waals surface area contributed by atoms with Crippen molar-refractivity contribution >= 4 is 12.1 Å². The van der Waals surface area contributed by atoms with Gasteiger partial charge in [-0.25, -0.2) is 0 Å². The average Bonchev–Trinajstić information content (AvgIpc) is 2.08. The van der Waals surface area contributed by atoms with E-state index in [1.165, 1.54) is 6.42 Å². The van der Waals surface area contributed by atoms with Crippen LogP contribution in [-0.4, -0.2) is 12.1 Å². The molecule has 1 aliphatic rings. The maximum absolute atomic E-state index is 11.1. The predicted octanol–water partition coefficient (Wildman–Crippen LogP) is 2.36. The first-order valence-electron chi connectivity index (χ1n) is 5.06. The van der Waals surface area contributed by atoms with Gasteiger partial charge < -0.3 is 4.79 Å². The van der Waals surface area contributed by atoms with Crippen LogP contribution in [0.2, 0.25) is 0 Å². The average molecular weight is 182 g/mol. The maximum Gasteiger partial charge on any atom is 0.130 e. The highest BCUT2D eigenvalue weighted by Crippen LogP contribution is 2.42. The van der Waals surface area contributed by atoms with Crippen molar-refractivity contribution in [2.75, 3.05) is 0 Å². The minimum Gasteiger partial charge on any atom is -0.303 e. The zero-order chi connectivity index (χ0) is 9.90. The fourth-order valence-electron chi connectivity index (χ4n) is 2.38. The zero-order valence-electron chi connectivity index (χ0n) is 8.51. The third-order valence-corrected chi connectivity index (χ3v) is 3.32. The van der Waals surface area contributed by atoms with Crippen LogP contribution in [-0.2, 0) is 9.59 Å². The summed E-state index contributed by atoms with van der Waals surface area (Å²) in [4.78, 5) is 22.1. The van der Waals surface area contributed by atoms with Gasteiger partial charge in [-0.15, -0.1) is 0 Å². The van der Waals surface area contributed by atoms with E-state index in [2.05, 4.69) is 6.92 Å². The van der Waals surface area contributed by atoms with Crippen LogP contribution < -0.4 is 0 Å². The number of Topliss-reactive ketones (excluding diaryl/α,β-unsaturated/α-hetero) is 1. The van der Waals surface area contributed by atoms with Crippen molar-refractivity contribution in [1.29, 1.82) is 0 Å². The molecule has 2 heteroatoms. The number of carbonyl (C=O) groups excluding carboxylic acids is 2. The molecule has 1 saturated carbocycles. The van der Waals surface area contributed by atoms with Crippen LogP contribution in [0.25, 0.3) is 0 Å². The topological polar surface area (TPSA) is 34.1 Å². The van der Waals surface area contributed by atoms with Crippen molar-refractivity contribution in [2.45, 2.75) is 46.0 Å². The molecular weight excluding hydrogens is 164 g/mol. The Bertz CT molecular complexity index is 210. The molecule has 2 atom stereocenters. The summed E-state index contributed by atoms with van der Waals surface area (Å²) in [5.41, 5.74) is -0.329. The number of hydrogen-bond donors (Lipinski definition) is 0. The fourth-order valence-corrected chi connectivity index (χ4v) is 2.38. The molecule has 0 heterocycles. The summed E-state index contributed by atoms with van der Waals surface area (Å²) in [5.74, 6) is 0.517. The highest BCUT2D eigenvalue weighted by molar-refractivity contribution is 5.80. The molecular formula is C11H18O2. The third-order valence-electron chi connectivity index (χ3n) is 3.32. The van der Waals surface area contributed by atoms with Crippen molar-refractivity contribution in [3.05, 3.63) is 0 Å². The predicted molar refractivity (Wildman–Crippen MR) is 51.4 cm³/mol. The molecule has 1 rings (SSSR count). The molecule has 13 heavy (non-hydrogen) atoms. The molecule has 0 aromatic heterocycles. The summed E-state index contributed by atoms with van der Waals surface area (Å²) in [7, 11) is 0. The summed E-state index contributed by atoms with van der Waals surface area (Å²) in [5, 5.41) is 0. The Balaban J connectivity index is 2.75. The van der Waals surface area contributed by atoms with Crippen LogP contribution in [0.1, 0.15) is 46.0 Å². The van der Waals surface area contributed by atoms with E-state index in [0.29, 0.717) is 12.3 Å². The molecule has 1 fully saturated rings. The fraction of sp³-hybridized carbons (Fsp3) is 0.818. The SMILES string of the molecule is CC(=O)C[C@@]1(C=O)CCCC[C@@H]1C. The van der Waals surface area contributed by atoms with E-state index in [1.54, 1.807) is 6.92 Å². The summed E-state index contributed by atoms with van der Waals surface area (Å²) in [6.45, 7) is 3.67. The minimum atomic E-state index is -0.329. The normalized spacial score (nSPS) is 34.2. The molecule has 0 bridgehead atoms. The number of carbonyl (C=O) groups is 2. The first-order valence-corrected chi connectivity index (χ1v) is 5.06. The quantitative estimate of drug-likeness (QED) is 0.628. The second kappa shape index (κ2) is 4.03. The standard InChI is InChI=1S/C11H18O2/c1-9-5-3-4-6-11(9,8-12)7-10(2)13/h8-9H,3-7H2,1-2H3/t9-,11+/m0/s1. The van der Waals surface area contributed by atoms with Crippen LogP contribution in [0.3, 0.4) is 0 Å². The lowest BCUT2D eigenvalue weighted by atomic mass is 9.65. The minimum absolute atomic E-state index is 0.140. The Morgan fingerprint density at radius 2 is 2.23 bits per heavy atom. The van der Waals surface area contributed by atoms with Gasteiger partial charge in [0.15, 0.2) is 0 Å². The van der Waals surface area contributed by atoms with Gasteiger partial charge in [-0.05, 0) is 25.7 Å². The summed E-state index contributed by atoms with van der Waals surface area (Å²) in [6, 6.07) is 0. The Labute approximate surface area is 79.7 Å². The molecule has 0 saturated heterocycles. The van der Waals surface area contributed by atoms with Gasteiger partial charge in [0.25, 0.3) is 0 Å². The van der Waals surface area contributed by atoms with Crippen molar-refractivity contribution in [2.24, 2.45) is 11.3 Å². The van der Waals surface area contributed by atoms with Gasteiger partial charge in [0.1, 0.15) is 12.1 Å². The molecule has 2 nitrogen and oxygen atoms in total. The van der Waals surface area contributed by atoms with E-state index in [4.69, 9.17) is 0 Å². The second-order valence-corrected chi connectivity index (χ2v) is 4.38. The van der Waals surface area contributed by atoms with Crippen molar-refractivity contribution in [3.63, 3.8) is 0 Å². The lowest BCUT2D eigenvalue weighted by Crippen LogP contribution is -2.35. The number of hydrogen-bond acceptors (Lipinski definition) is 2.